The molecule has 0 amide bonds. The molecule has 0 fully saturated rings. The van der Waals surface area contributed by atoms with Gasteiger partial charge in [0.25, 0.3) is 0 Å². The van der Waals surface area contributed by atoms with Gasteiger partial charge in [-0.25, -0.2) is 4.98 Å². The quantitative estimate of drug-likeness (QED) is 0.494. The predicted molar refractivity (Wildman–Crippen MR) is 51.5 cm³/mol. The van der Waals surface area contributed by atoms with Crippen LogP contribution in [0.5, 0.6) is 0 Å². The number of pyridine rings is 1. The van der Waals surface area contributed by atoms with E-state index in [1.54, 1.807) is 6.07 Å². The van der Waals surface area contributed by atoms with E-state index in [4.69, 9.17) is 10.0 Å². The summed E-state index contributed by atoms with van der Waals surface area (Å²) in [7, 11) is -1.53. The number of halogens is 1. The topological polar surface area (TPSA) is 53.4 Å². The Kier molecular flexibility index (Phi) is 2.19. The van der Waals surface area contributed by atoms with Crippen LogP contribution in [0.3, 0.4) is 0 Å². The second kappa shape index (κ2) is 3.36. The van der Waals surface area contributed by atoms with E-state index in [-0.39, 0.29) is 0 Å². The van der Waals surface area contributed by atoms with Crippen molar-refractivity contribution in [1.29, 1.82) is 0 Å². The van der Waals surface area contributed by atoms with Crippen LogP contribution in [0.25, 0.3) is 10.8 Å². The first-order valence-corrected chi connectivity index (χ1v) is 4.09. The second-order valence-electron chi connectivity index (χ2n) is 2.96. The second-order valence-corrected chi connectivity index (χ2v) is 2.96. The van der Waals surface area contributed by atoms with Crippen molar-refractivity contribution in [2.75, 3.05) is 0 Å². The summed E-state index contributed by atoms with van der Waals surface area (Å²) in [5.41, 5.74) is 0.336. The van der Waals surface area contributed by atoms with Gasteiger partial charge in [-0.3, -0.25) is 0 Å². The van der Waals surface area contributed by atoms with Crippen molar-refractivity contribution in [3.63, 3.8) is 0 Å². The smallest absolute Gasteiger partial charge is 0.423 e. The Balaban J connectivity index is 2.67. The van der Waals surface area contributed by atoms with Crippen LogP contribution >= 0.6 is 0 Å². The van der Waals surface area contributed by atoms with Crippen LogP contribution in [0.2, 0.25) is 0 Å². The Labute approximate surface area is 80.0 Å². The van der Waals surface area contributed by atoms with E-state index in [9.17, 15) is 4.39 Å². The molecule has 0 saturated carbocycles. The van der Waals surface area contributed by atoms with Crippen molar-refractivity contribution >= 4 is 23.4 Å². The van der Waals surface area contributed by atoms with Gasteiger partial charge in [-0.15, -0.1) is 0 Å². The minimum Gasteiger partial charge on any atom is -0.423 e. The van der Waals surface area contributed by atoms with Crippen LogP contribution in [-0.4, -0.2) is 22.2 Å². The van der Waals surface area contributed by atoms with Crippen molar-refractivity contribution < 1.29 is 14.4 Å². The minimum atomic E-state index is -1.53. The van der Waals surface area contributed by atoms with Crippen molar-refractivity contribution in [3.8, 4) is 0 Å². The van der Waals surface area contributed by atoms with Crippen LogP contribution in [0.15, 0.2) is 30.5 Å². The van der Waals surface area contributed by atoms with Crippen LogP contribution in [0, 0.1) is 5.95 Å². The summed E-state index contributed by atoms with van der Waals surface area (Å²) in [6, 6.07) is 6.07. The number of hydrogen-bond acceptors (Lipinski definition) is 3. The third-order valence-electron chi connectivity index (χ3n) is 2.04. The molecule has 1 aromatic carbocycles. The summed E-state index contributed by atoms with van der Waals surface area (Å²) in [6.07, 6.45) is 1.34. The summed E-state index contributed by atoms with van der Waals surface area (Å²) in [5.74, 6) is -0.554. The molecule has 5 heteroatoms. The van der Waals surface area contributed by atoms with Gasteiger partial charge in [0, 0.05) is 11.6 Å². The van der Waals surface area contributed by atoms with Crippen LogP contribution in [0.1, 0.15) is 0 Å². The summed E-state index contributed by atoms with van der Waals surface area (Å²) < 4.78 is 13.1. The van der Waals surface area contributed by atoms with Crippen molar-refractivity contribution in [1.82, 2.24) is 4.98 Å². The molecule has 0 saturated heterocycles. The lowest BCUT2D eigenvalue weighted by molar-refractivity contribution is 0.426. The molecule has 3 nitrogen and oxygen atoms in total. The summed E-state index contributed by atoms with van der Waals surface area (Å²) in [6.45, 7) is 0. The number of hydrogen-bond donors (Lipinski definition) is 2. The van der Waals surface area contributed by atoms with Crippen LogP contribution in [-0.2, 0) is 0 Å². The third kappa shape index (κ3) is 1.47. The maximum absolute atomic E-state index is 13.1. The zero-order chi connectivity index (χ0) is 10.1. The van der Waals surface area contributed by atoms with Gasteiger partial charge in [-0.2, -0.15) is 4.39 Å². The normalized spacial score (nSPS) is 10.5. The van der Waals surface area contributed by atoms with Gasteiger partial charge < -0.3 is 10.0 Å². The first-order valence-electron chi connectivity index (χ1n) is 4.09. The first-order chi connectivity index (χ1) is 6.68. The minimum absolute atomic E-state index is 0.336. The average molecular weight is 191 g/mol. The maximum atomic E-state index is 13.1. The van der Waals surface area contributed by atoms with E-state index in [2.05, 4.69) is 4.98 Å². The molecular formula is C9H7BFNO2. The van der Waals surface area contributed by atoms with Gasteiger partial charge in [0.2, 0.25) is 5.95 Å². The fraction of sp³-hybridized carbons (Fsp3) is 0. The van der Waals surface area contributed by atoms with Crippen molar-refractivity contribution in [2.24, 2.45) is 0 Å². The predicted octanol–water partition coefficient (Wildman–Crippen LogP) is 0.0537. The fourth-order valence-corrected chi connectivity index (χ4v) is 1.32. The highest BCUT2D eigenvalue weighted by Crippen LogP contribution is 2.13. The zero-order valence-corrected chi connectivity index (χ0v) is 7.18. The molecule has 0 spiro atoms. The number of benzene rings is 1. The monoisotopic (exact) mass is 191 g/mol. The highest BCUT2D eigenvalue weighted by atomic mass is 19.1. The van der Waals surface area contributed by atoms with Gasteiger partial charge in [0.05, 0.1) is 0 Å². The standard InChI is InChI=1S/C9H7BFNO2/c11-9-8-2-1-7(10(13)14)5-6(8)3-4-12-9/h1-5,13-14H. The summed E-state index contributed by atoms with van der Waals surface area (Å²) >= 11 is 0. The van der Waals surface area contributed by atoms with E-state index in [0.717, 1.165) is 0 Å². The highest BCUT2D eigenvalue weighted by molar-refractivity contribution is 6.58. The Hall–Kier alpha value is -1.46. The lowest BCUT2D eigenvalue weighted by Gasteiger charge is -2.02. The number of fused-ring (bicyclic) bond motifs is 1. The molecule has 0 aliphatic heterocycles. The molecule has 2 rings (SSSR count). The Bertz CT molecular complexity index is 475. The van der Waals surface area contributed by atoms with E-state index in [1.165, 1.54) is 24.4 Å². The first kappa shape index (κ1) is 9.11. The molecule has 14 heavy (non-hydrogen) atoms. The number of nitrogens with zero attached hydrogens (tertiary/aromatic N) is 1. The lowest BCUT2D eigenvalue weighted by atomic mass is 9.79. The molecule has 0 aliphatic carbocycles. The maximum Gasteiger partial charge on any atom is 0.488 e. The van der Waals surface area contributed by atoms with Gasteiger partial charge in [-0.05, 0) is 16.9 Å². The van der Waals surface area contributed by atoms with Gasteiger partial charge in [0.15, 0.2) is 0 Å². The van der Waals surface area contributed by atoms with Crippen LogP contribution < -0.4 is 5.46 Å². The van der Waals surface area contributed by atoms with Crippen molar-refractivity contribution in [2.45, 2.75) is 0 Å². The van der Waals surface area contributed by atoms with Gasteiger partial charge in [0.1, 0.15) is 0 Å². The lowest BCUT2D eigenvalue weighted by Crippen LogP contribution is -2.29. The molecule has 2 aromatic rings. The molecule has 0 radical (unpaired) electrons. The van der Waals surface area contributed by atoms with E-state index in [1.807, 2.05) is 0 Å². The summed E-state index contributed by atoms with van der Waals surface area (Å²) in [4.78, 5) is 3.49. The highest BCUT2D eigenvalue weighted by Gasteiger charge is 2.11. The van der Waals surface area contributed by atoms with Crippen LogP contribution in [0.4, 0.5) is 4.39 Å². The molecule has 1 heterocycles. The molecule has 0 atom stereocenters. The van der Waals surface area contributed by atoms with E-state index >= 15 is 0 Å². The Morgan fingerprint density at radius 1 is 1.21 bits per heavy atom. The molecule has 0 unspecified atom stereocenters. The molecule has 2 N–H and O–H groups in total. The fourth-order valence-electron chi connectivity index (χ4n) is 1.32. The molecule has 0 aliphatic rings. The molecule has 0 bridgehead atoms. The molecular weight excluding hydrogens is 184 g/mol. The molecule has 1 aromatic heterocycles. The Morgan fingerprint density at radius 3 is 2.71 bits per heavy atom. The number of aromatic nitrogens is 1. The zero-order valence-electron chi connectivity index (χ0n) is 7.18. The summed E-state index contributed by atoms with van der Waals surface area (Å²) in [5, 5.41) is 18.8. The average Bonchev–Trinajstić information content (AvgIpc) is 2.17. The van der Waals surface area contributed by atoms with E-state index < -0.39 is 13.1 Å². The van der Waals surface area contributed by atoms with Crippen molar-refractivity contribution in [3.05, 3.63) is 36.4 Å². The van der Waals surface area contributed by atoms with Gasteiger partial charge >= 0.3 is 7.12 Å². The van der Waals surface area contributed by atoms with E-state index in [0.29, 0.717) is 16.2 Å². The largest absolute Gasteiger partial charge is 0.488 e. The van der Waals surface area contributed by atoms with Gasteiger partial charge in [-0.1, -0.05) is 18.2 Å². The third-order valence-corrected chi connectivity index (χ3v) is 2.04. The number of rotatable bonds is 1. The Morgan fingerprint density at radius 2 is 2.00 bits per heavy atom. The molecule has 70 valence electrons. The SMILES string of the molecule is OB(O)c1ccc2c(F)nccc2c1.